The van der Waals surface area contributed by atoms with Crippen LogP contribution in [-0.2, 0) is 11.2 Å². The Morgan fingerprint density at radius 2 is 2.46 bits per heavy atom. The summed E-state index contributed by atoms with van der Waals surface area (Å²) in [5.41, 5.74) is 0.618. The van der Waals surface area contributed by atoms with Crippen LogP contribution in [0.2, 0.25) is 0 Å². The van der Waals surface area contributed by atoms with Gasteiger partial charge in [0.25, 0.3) is 0 Å². The molecule has 0 radical (unpaired) electrons. The second-order valence-electron chi connectivity index (χ2n) is 2.41. The van der Waals surface area contributed by atoms with Crippen LogP contribution in [0.25, 0.3) is 0 Å². The van der Waals surface area contributed by atoms with Crippen molar-refractivity contribution in [1.82, 2.24) is 4.98 Å². The van der Waals surface area contributed by atoms with Crippen LogP contribution in [0.4, 0.5) is 0 Å². The van der Waals surface area contributed by atoms with Crippen molar-refractivity contribution in [3.8, 4) is 5.75 Å². The first kappa shape index (κ1) is 9.98. The smallest absolute Gasteiger partial charge is 0.307 e. The number of hydrogen-bond donors (Lipinski definition) is 1. The molecule has 1 rings (SSSR count). The molecule has 1 aromatic heterocycles. The third-order valence-electron chi connectivity index (χ3n) is 1.44. The molecule has 0 amide bonds. The second-order valence-corrected chi connectivity index (χ2v) is 3.16. The van der Waals surface area contributed by atoms with Crippen LogP contribution in [0, 0.1) is 0 Å². The normalized spacial score (nSPS) is 9.69. The zero-order chi connectivity index (χ0) is 9.84. The number of ether oxygens (including phenoxy) is 1. The summed E-state index contributed by atoms with van der Waals surface area (Å²) in [6, 6.07) is 1.64. The van der Waals surface area contributed by atoms with Gasteiger partial charge in [0, 0.05) is 6.20 Å². The van der Waals surface area contributed by atoms with E-state index < -0.39 is 5.97 Å². The summed E-state index contributed by atoms with van der Waals surface area (Å²) in [6.45, 7) is 0. The first-order valence-electron chi connectivity index (χ1n) is 3.53. The quantitative estimate of drug-likeness (QED) is 0.820. The lowest BCUT2D eigenvalue weighted by Crippen LogP contribution is -2.01. The maximum atomic E-state index is 10.4. The van der Waals surface area contributed by atoms with E-state index in [1.807, 2.05) is 0 Å². The summed E-state index contributed by atoms with van der Waals surface area (Å²) < 4.78 is 5.54. The molecule has 0 atom stereocenters. The number of aliphatic carboxylic acids is 1. The Hall–Kier alpha value is -1.10. The van der Waals surface area contributed by atoms with Crippen molar-refractivity contribution in [1.29, 1.82) is 0 Å². The third-order valence-corrected chi connectivity index (χ3v) is 2.03. The molecule has 0 aromatic carbocycles. The Balaban J connectivity index is 2.92. The number of carbonyl (C=O) groups is 1. The molecule has 0 aliphatic carbocycles. The SMILES string of the molecule is COc1cc(CC(=O)O)cnc1Br. The van der Waals surface area contributed by atoms with E-state index in [1.54, 1.807) is 6.07 Å². The number of carboxylic acid groups (broad SMARTS) is 1. The molecule has 0 saturated heterocycles. The number of rotatable bonds is 3. The zero-order valence-corrected chi connectivity index (χ0v) is 8.54. The molecule has 0 bridgehead atoms. The fraction of sp³-hybridized carbons (Fsp3) is 0.250. The minimum atomic E-state index is -0.883. The topological polar surface area (TPSA) is 59.4 Å². The zero-order valence-electron chi connectivity index (χ0n) is 6.95. The summed E-state index contributed by atoms with van der Waals surface area (Å²) in [6.07, 6.45) is 1.46. The Labute approximate surface area is 83.7 Å². The van der Waals surface area contributed by atoms with Gasteiger partial charge in [-0.1, -0.05) is 0 Å². The summed E-state index contributed by atoms with van der Waals surface area (Å²) >= 11 is 3.17. The molecule has 70 valence electrons. The van der Waals surface area contributed by atoms with Gasteiger partial charge in [-0.05, 0) is 27.6 Å². The number of carboxylic acids is 1. The molecule has 0 aliphatic heterocycles. The van der Waals surface area contributed by atoms with Crippen LogP contribution in [0.3, 0.4) is 0 Å². The van der Waals surface area contributed by atoms with Gasteiger partial charge in [0.2, 0.25) is 0 Å². The standard InChI is InChI=1S/C8H8BrNO3/c1-13-6-2-5(3-7(11)12)4-10-8(6)9/h2,4H,3H2,1H3,(H,11,12). The van der Waals surface area contributed by atoms with E-state index in [9.17, 15) is 4.79 Å². The van der Waals surface area contributed by atoms with Crippen LogP contribution >= 0.6 is 15.9 Å². The van der Waals surface area contributed by atoms with Gasteiger partial charge in [0.05, 0.1) is 13.5 Å². The minimum Gasteiger partial charge on any atom is -0.494 e. The monoisotopic (exact) mass is 245 g/mol. The Kier molecular flexibility index (Phi) is 3.25. The summed E-state index contributed by atoms with van der Waals surface area (Å²) in [5.74, 6) is -0.343. The maximum Gasteiger partial charge on any atom is 0.307 e. The highest BCUT2D eigenvalue weighted by molar-refractivity contribution is 9.10. The van der Waals surface area contributed by atoms with Gasteiger partial charge in [0.1, 0.15) is 4.60 Å². The first-order valence-corrected chi connectivity index (χ1v) is 4.33. The number of pyridine rings is 1. The highest BCUT2D eigenvalue weighted by Crippen LogP contribution is 2.22. The lowest BCUT2D eigenvalue weighted by atomic mass is 10.2. The van der Waals surface area contributed by atoms with Crippen molar-refractivity contribution < 1.29 is 14.6 Å². The lowest BCUT2D eigenvalue weighted by Gasteiger charge is -2.03. The average Bonchev–Trinajstić information content (AvgIpc) is 2.07. The molecule has 13 heavy (non-hydrogen) atoms. The van der Waals surface area contributed by atoms with E-state index in [0.29, 0.717) is 15.9 Å². The molecule has 4 nitrogen and oxygen atoms in total. The van der Waals surface area contributed by atoms with Gasteiger partial charge in [-0.3, -0.25) is 4.79 Å². The summed E-state index contributed by atoms with van der Waals surface area (Å²) in [4.78, 5) is 14.3. The molecule has 1 N–H and O–H groups in total. The molecular formula is C8H8BrNO3. The molecule has 0 fully saturated rings. The number of nitrogens with zero attached hydrogens (tertiary/aromatic N) is 1. The van der Waals surface area contributed by atoms with Crippen molar-refractivity contribution in [2.45, 2.75) is 6.42 Å². The Morgan fingerprint density at radius 1 is 1.77 bits per heavy atom. The van der Waals surface area contributed by atoms with E-state index in [1.165, 1.54) is 13.3 Å². The minimum absolute atomic E-state index is 0.0450. The van der Waals surface area contributed by atoms with E-state index in [-0.39, 0.29) is 6.42 Å². The summed E-state index contributed by atoms with van der Waals surface area (Å²) in [5, 5.41) is 8.52. The van der Waals surface area contributed by atoms with Gasteiger partial charge in [-0.15, -0.1) is 0 Å². The van der Waals surface area contributed by atoms with Gasteiger partial charge in [-0.2, -0.15) is 0 Å². The van der Waals surface area contributed by atoms with Gasteiger partial charge in [0.15, 0.2) is 5.75 Å². The second kappa shape index (κ2) is 4.23. The van der Waals surface area contributed by atoms with Gasteiger partial charge >= 0.3 is 5.97 Å². The van der Waals surface area contributed by atoms with E-state index in [0.717, 1.165) is 0 Å². The van der Waals surface area contributed by atoms with Gasteiger partial charge in [-0.25, -0.2) is 4.98 Å². The van der Waals surface area contributed by atoms with E-state index in [4.69, 9.17) is 9.84 Å². The molecule has 1 aromatic rings. The highest BCUT2D eigenvalue weighted by Gasteiger charge is 2.05. The maximum absolute atomic E-state index is 10.4. The van der Waals surface area contributed by atoms with Gasteiger partial charge < -0.3 is 9.84 Å². The molecule has 0 aliphatic rings. The van der Waals surface area contributed by atoms with Crippen molar-refractivity contribution >= 4 is 21.9 Å². The molecule has 1 heterocycles. The van der Waals surface area contributed by atoms with Crippen LogP contribution in [0.1, 0.15) is 5.56 Å². The van der Waals surface area contributed by atoms with E-state index >= 15 is 0 Å². The average molecular weight is 246 g/mol. The van der Waals surface area contributed by atoms with Crippen LogP contribution in [0.5, 0.6) is 5.75 Å². The first-order chi connectivity index (χ1) is 6.13. The van der Waals surface area contributed by atoms with Crippen molar-refractivity contribution in [3.05, 3.63) is 22.4 Å². The number of halogens is 1. The molecule has 0 unspecified atom stereocenters. The lowest BCUT2D eigenvalue weighted by molar-refractivity contribution is -0.136. The number of aromatic nitrogens is 1. The Morgan fingerprint density at radius 3 is 3.00 bits per heavy atom. The predicted molar refractivity (Wildman–Crippen MR) is 49.8 cm³/mol. The van der Waals surface area contributed by atoms with E-state index in [2.05, 4.69) is 20.9 Å². The third kappa shape index (κ3) is 2.69. The number of methoxy groups -OCH3 is 1. The molecule has 5 heteroatoms. The molecule has 0 saturated carbocycles. The van der Waals surface area contributed by atoms with Crippen molar-refractivity contribution in [2.75, 3.05) is 7.11 Å². The largest absolute Gasteiger partial charge is 0.494 e. The van der Waals surface area contributed by atoms with Crippen molar-refractivity contribution in [2.24, 2.45) is 0 Å². The fourth-order valence-corrected chi connectivity index (χ4v) is 1.26. The van der Waals surface area contributed by atoms with Crippen molar-refractivity contribution in [3.63, 3.8) is 0 Å². The van der Waals surface area contributed by atoms with Crippen LogP contribution in [-0.4, -0.2) is 23.2 Å². The summed E-state index contributed by atoms with van der Waals surface area (Å²) in [7, 11) is 1.51. The Bertz CT molecular complexity index is 327. The number of hydrogen-bond acceptors (Lipinski definition) is 3. The fourth-order valence-electron chi connectivity index (χ4n) is 0.883. The highest BCUT2D eigenvalue weighted by atomic mass is 79.9. The predicted octanol–water partition coefficient (Wildman–Crippen LogP) is 1.48. The molecule has 0 spiro atoms. The van der Waals surface area contributed by atoms with Crippen LogP contribution < -0.4 is 4.74 Å². The van der Waals surface area contributed by atoms with Crippen LogP contribution in [0.15, 0.2) is 16.9 Å². The molecular weight excluding hydrogens is 238 g/mol.